The maximum atomic E-state index is 11.1. The number of aliphatic hydroxyl groups excluding tert-OH is 1. The van der Waals surface area contributed by atoms with Crippen LogP contribution in [0.5, 0.6) is 0 Å². The van der Waals surface area contributed by atoms with Crippen LogP contribution in [0.2, 0.25) is 0 Å². The van der Waals surface area contributed by atoms with Gasteiger partial charge in [0.25, 0.3) is 0 Å². The molecular formula is C21H24O. The molecule has 0 radical (unpaired) electrons. The molecule has 4 unspecified atom stereocenters. The molecule has 2 saturated carbocycles. The van der Waals surface area contributed by atoms with Gasteiger partial charge in [0, 0.05) is 10.8 Å². The Bertz CT molecular complexity index is 605. The standard InChI is InChI=1S/C21H24O/c1-20-13-14-21(2,19(20)22)18(16-11-7-4-8-12-16)17(20)15-9-5-3-6-10-15/h3-12,17-19,22H,13-14H2,1-2H3. The van der Waals surface area contributed by atoms with Gasteiger partial charge >= 0.3 is 0 Å². The number of aliphatic hydroxyl groups is 1. The summed E-state index contributed by atoms with van der Waals surface area (Å²) in [6.07, 6.45) is 2.01. The first-order chi connectivity index (χ1) is 10.6. The minimum Gasteiger partial charge on any atom is -0.392 e. The van der Waals surface area contributed by atoms with Gasteiger partial charge < -0.3 is 5.11 Å². The first-order valence-corrected chi connectivity index (χ1v) is 8.35. The van der Waals surface area contributed by atoms with Gasteiger partial charge in [0.2, 0.25) is 0 Å². The molecule has 2 aromatic rings. The summed E-state index contributed by atoms with van der Waals surface area (Å²) in [6.45, 7) is 4.59. The zero-order valence-corrected chi connectivity index (χ0v) is 13.4. The largest absolute Gasteiger partial charge is 0.392 e. The van der Waals surface area contributed by atoms with Crippen molar-refractivity contribution in [2.45, 2.75) is 44.6 Å². The Hall–Kier alpha value is -1.60. The fourth-order valence-corrected chi connectivity index (χ4v) is 5.45. The van der Waals surface area contributed by atoms with E-state index in [2.05, 4.69) is 74.5 Å². The third kappa shape index (κ3) is 1.69. The predicted octanol–water partition coefficient (Wildman–Crippen LogP) is 4.73. The maximum Gasteiger partial charge on any atom is 0.0659 e. The van der Waals surface area contributed by atoms with Crippen molar-refractivity contribution in [1.29, 1.82) is 0 Å². The van der Waals surface area contributed by atoms with Gasteiger partial charge in [0.15, 0.2) is 0 Å². The first kappa shape index (κ1) is 14.0. The van der Waals surface area contributed by atoms with E-state index in [0.29, 0.717) is 11.8 Å². The highest BCUT2D eigenvalue weighted by Gasteiger charge is 2.67. The van der Waals surface area contributed by atoms with Crippen LogP contribution in [-0.4, -0.2) is 11.2 Å². The molecule has 2 aliphatic carbocycles. The van der Waals surface area contributed by atoms with Gasteiger partial charge in [0.1, 0.15) is 0 Å². The fraction of sp³-hybridized carbons (Fsp3) is 0.429. The Labute approximate surface area is 133 Å². The molecule has 1 N–H and O–H groups in total. The molecule has 4 atom stereocenters. The molecular weight excluding hydrogens is 268 g/mol. The second kappa shape index (κ2) is 4.70. The molecule has 22 heavy (non-hydrogen) atoms. The van der Waals surface area contributed by atoms with Crippen molar-refractivity contribution >= 4 is 0 Å². The van der Waals surface area contributed by atoms with Gasteiger partial charge in [-0.3, -0.25) is 0 Å². The lowest BCUT2D eigenvalue weighted by atomic mass is 9.63. The first-order valence-electron chi connectivity index (χ1n) is 8.35. The highest BCUT2D eigenvalue weighted by atomic mass is 16.3. The second-order valence-electron chi connectivity index (χ2n) is 7.69. The Morgan fingerprint density at radius 1 is 0.727 bits per heavy atom. The lowest BCUT2D eigenvalue weighted by Gasteiger charge is -2.40. The molecule has 0 aromatic heterocycles. The summed E-state index contributed by atoms with van der Waals surface area (Å²) < 4.78 is 0. The topological polar surface area (TPSA) is 20.2 Å². The molecule has 0 amide bonds. The zero-order valence-electron chi connectivity index (χ0n) is 13.4. The van der Waals surface area contributed by atoms with Crippen molar-refractivity contribution in [3.63, 3.8) is 0 Å². The van der Waals surface area contributed by atoms with E-state index in [0.717, 1.165) is 12.8 Å². The van der Waals surface area contributed by atoms with Crippen LogP contribution in [-0.2, 0) is 0 Å². The Morgan fingerprint density at radius 3 is 1.45 bits per heavy atom. The molecule has 0 aliphatic heterocycles. The van der Waals surface area contributed by atoms with E-state index >= 15 is 0 Å². The minimum absolute atomic E-state index is 0.0173. The maximum absolute atomic E-state index is 11.1. The van der Waals surface area contributed by atoms with Crippen molar-refractivity contribution in [1.82, 2.24) is 0 Å². The summed E-state index contributed by atoms with van der Waals surface area (Å²) in [7, 11) is 0. The van der Waals surface area contributed by atoms with Gasteiger partial charge in [-0.05, 0) is 35.8 Å². The molecule has 1 nitrogen and oxygen atoms in total. The highest BCUT2D eigenvalue weighted by molar-refractivity contribution is 5.39. The quantitative estimate of drug-likeness (QED) is 0.848. The lowest BCUT2D eigenvalue weighted by Crippen LogP contribution is -2.30. The van der Waals surface area contributed by atoms with Crippen LogP contribution in [0.1, 0.15) is 49.7 Å². The molecule has 2 aromatic carbocycles. The van der Waals surface area contributed by atoms with Gasteiger partial charge in [-0.2, -0.15) is 0 Å². The monoisotopic (exact) mass is 292 g/mol. The highest BCUT2D eigenvalue weighted by Crippen LogP contribution is 2.72. The Kier molecular flexibility index (Phi) is 2.99. The predicted molar refractivity (Wildman–Crippen MR) is 89.8 cm³/mol. The van der Waals surface area contributed by atoms with Crippen LogP contribution in [0, 0.1) is 10.8 Å². The number of fused-ring (bicyclic) bond motifs is 2. The number of rotatable bonds is 2. The van der Waals surface area contributed by atoms with Gasteiger partial charge in [-0.25, -0.2) is 0 Å². The average molecular weight is 292 g/mol. The van der Waals surface area contributed by atoms with E-state index < -0.39 is 0 Å². The van der Waals surface area contributed by atoms with Crippen LogP contribution in [0.25, 0.3) is 0 Å². The lowest BCUT2D eigenvalue weighted by molar-refractivity contribution is 0.0342. The number of benzene rings is 2. The van der Waals surface area contributed by atoms with E-state index in [9.17, 15) is 5.11 Å². The van der Waals surface area contributed by atoms with Crippen molar-refractivity contribution in [2.24, 2.45) is 10.8 Å². The molecule has 114 valence electrons. The SMILES string of the molecule is CC12CCC(C)(C(c3ccccc3)C1c1ccccc1)C2O. The minimum atomic E-state index is -0.226. The Balaban J connectivity index is 1.90. The molecule has 1 heteroatoms. The van der Waals surface area contributed by atoms with Gasteiger partial charge in [-0.15, -0.1) is 0 Å². The summed E-state index contributed by atoms with van der Waals surface area (Å²) in [5.74, 6) is 0.787. The third-order valence-corrected chi connectivity index (χ3v) is 6.52. The fourth-order valence-electron chi connectivity index (χ4n) is 5.45. The number of hydrogen-bond acceptors (Lipinski definition) is 1. The van der Waals surface area contributed by atoms with Gasteiger partial charge in [-0.1, -0.05) is 74.5 Å². The summed E-state index contributed by atoms with van der Waals surface area (Å²) in [5.41, 5.74) is 2.72. The smallest absolute Gasteiger partial charge is 0.0659 e. The molecule has 2 fully saturated rings. The van der Waals surface area contributed by atoms with E-state index in [-0.39, 0.29) is 16.9 Å². The summed E-state index contributed by atoms with van der Waals surface area (Å²) >= 11 is 0. The molecule has 0 saturated heterocycles. The van der Waals surface area contributed by atoms with Crippen LogP contribution >= 0.6 is 0 Å². The van der Waals surface area contributed by atoms with Crippen molar-refractivity contribution < 1.29 is 5.11 Å². The molecule has 0 heterocycles. The molecule has 0 spiro atoms. The van der Waals surface area contributed by atoms with Crippen molar-refractivity contribution in [3.05, 3.63) is 71.8 Å². The van der Waals surface area contributed by atoms with Crippen molar-refractivity contribution in [3.8, 4) is 0 Å². The summed E-state index contributed by atoms with van der Waals surface area (Å²) in [4.78, 5) is 0. The van der Waals surface area contributed by atoms with Gasteiger partial charge in [0.05, 0.1) is 6.10 Å². The van der Waals surface area contributed by atoms with Crippen LogP contribution in [0.3, 0.4) is 0 Å². The zero-order chi connectivity index (χ0) is 15.4. The van der Waals surface area contributed by atoms with E-state index in [1.165, 1.54) is 11.1 Å². The van der Waals surface area contributed by atoms with Crippen LogP contribution < -0.4 is 0 Å². The second-order valence-corrected chi connectivity index (χ2v) is 7.69. The Morgan fingerprint density at radius 2 is 1.09 bits per heavy atom. The third-order valence-electron chi connectivity index (χ3n) is 6.52. The van der Waals surface area contributed by atoms with Crippen molar-refractivity contribution in [2.75, 3.05) is 0 Å². The molecule has 2 bridgehead atoms. The molecule has 2 aliphatic rings. The summed E-state index contributed by atoms with van der Waals surface area (Å²) in [5, 5.41) is 11.1. The average Bonchev–Trinajstić information content (AvgIpc) is 2.89. The van der Waals surface area contributed by atoms with E-state index in [4.69, 9.17) is 0 Å². The summed E-state index contributed by atoms with van der Waals surface area (Å²) in [6, 6.07) is 21.6. The number of hydrogen-bond donors (Lipinski definition) is 1. The normalized spacial score (nSPS) is 40.0. The van der Waals surface area contributed by atoms with E-state index in [1.54, 1.807) is 0 Å². The van der Waals surface area contributed by atoms with Crippen LogP contribution in [0.15, 0.2) is 60.7 Å². The van der Waals surface area contributed by atoms with Crippen LogP contribution in [0.4, 0.5) is 0 Å². The van der Waals surface area contributed by atoms with E-state index in [1.807, 2.05) is 0 Å². The molecule has 4 rings (SSSR count).